The Hall–Kier alpha value is -2.36. The monoisotopic (exact) mass is 530 g/mol. The van der Waals surface area contributed by atoms with Crippen LogP contribution in [0.25, 0.3) is 0 Å². The minimum absolute atomic E-state index is 0.00105. The second-order valence-electron chi connectivity index (χ2n) is 9.28. The van der Waals surface area contributed by atoms with Crippen LogP contribution in [-0.4, -0.2) is 109 Å². The highest BCUT2D eigenvalue weighted by Gasteiger charge is 2.45. The molecular formula is C23H42N6O8. The van der Waals surface area contributed by atoms with Gasteiger partial charge in [-0.1, -0.05) is 0 Å². The lowest BCUT2D eigenvalue weighted by Crippen LogP contribution is -2.64. The summed E-state index contributed by atoms with van der Waals surface area (Å²) >= 11 is 0. The van der Waals surface area contributed by atoms with Gasteiger partial charge in [-0.25, -0.2) is 0 Å². The number of unbranched alkanes of at least 4 members (excludes halogenated alkanes) is 1. The van der Waals surface area contributed by atoms with Gasteiger partial charge in [0.1, 0.15) is 24.4 Å². The number of hydrogen-bond donors (Lipinski definition) is 8. The molecule has 7 atom stereocenters. The van der Waals surface area contributed by atoms with Crippen LogP contribution < -0.4 is 26.7 Å². The topological polar surface area (TPSA) is 203 Å². The van der Waals surface area contributed by atoms with Crippen LogP contribution in [0.15, 0.2) is 5.10 Å². The van der Waals surface area contributed by atoms with Gasteiger partial charge in [0.05, 0.1) is 18.7 Å². The summed E-state index contributed by atoms with van der Waals surface area (Å²) in [6.07, 6.45) is -1.24. The average molecular weight is 531 g/mol. The lowest BCUT2D eigenvalue weighted by Gasteiger charge is -2.42. The summed E-state index contributed by atoms with van der Waals surface area (Å²) in [6, 6.07) is -0.989. The maximum atomic E-state index is 12.2. The smallest absolute Gasteiger partial charge is 0.224 e. The van der Waals surface area contributed by atoms with E-state index in [1.54, 1.807) is 0 Å². The number of ether oxygens (including phenoxy) is 2. The lowest BCUT2D eigenvalue weighted by molar-refractivity contribution is -0.270. The first-order valence-electron chi connectivity index (χ1n) is 12.8. The Kier molecular flexibility index (Phi) is 13.7. The van der Waals surface area contributed by atoms with Crippen molar-refractivity contribution in [3.8, 4) is 0 Å². The molecule has 2 rings (SSSR count). The molecule has 0 radical (unpaired) electrons. The molecule has 37 heavy (non-hydrogen) atoms. The predicted octanol–water partition coefficient (Wildman–Crippen LogP) is -2.73. The van der Waals surface area contributed by atoms with E-state index in [9.17, 15) is 29.7 Å². The number of aliphatic hydroxyl groups excluding tert-OH is 3. The van der Waals surface area contributed by atoms with Gasteiger partial charge in [-0.05, 0) is 32.1 Å². The first-order chi connectivity index (χ1) is 17.8. The molecule has 0 saturated carbocycles. The van der Waals surface area contributed by atoms with Crippen molar-refractivity contribution in [3.63, 3.8) is 0 Å². The summed E-state index contributed by atoms with van der Waals surface area (Å²) in [5, 5.41) is 44.7. The highest BCUT2D eigenvalue weighted by Crippen LogP contribution is 2.22. The Morgan fingerprint density at radius 1 is 1.11 bits per heavy atom. The van der Waals surface area contributed by atoms with Gasteiger partial charge in [-0.15, -0.1) is 0 Å². The molecule has 14 nitrogen and oxygen atoms in total. The van der Waals surface area contributed by atoms with Crippen LogP contribution in [0, 0.1) is 5.92 Å². The van der Waals surface area contributed by atoms with Crippen LogP contribution in [0.1, 0.15) is 45.4 Å². The fourth-order valence-electron chi connectivity index (χ4n) is 4.26. The van der Waals surface area contributed by atoms with Crippen LogP contribution >= 0.6 is 0 Å². The van der Waals surface area contributed by atoms with Crippen LogP contribution in [0.4, 0.5) is 0 Å². The van der Waals surface area contributed by atoms with E-state index in [-0.39, 0.29) is 30.5 Å². The minimum atomic E-state index is -1.37. The summed E-state index contributed by atoms with van der Waals surface area (Å²) in [6.45, 7) is 5.84. The molecule has 14 heteroatoms. The van der Waals surface area contributed by atoms with Gasteiger partial charge in [0.25, 0.3) is 0 Å². The third-order valence-electron chi connectivity index (χ3n) is 6.34. The van der Waals surface area contributed by atoms with Gasteiger partial charge in [-0.2, -0.15) is 5.10 Å². The zero-order chi connectivity index (χ0) is 27.2. The Labute approximate surface area is 216 Å². The fourth-order valence-corrected chi connectivity index (χ4v) is 4.26. The average Bonchev–Trinajstić information content (AvgIpc) is 2.87. The van der Waals surface area contributed by atoms with Crippen molar-refractivity contribution >= 4 is 24.4 Å². The summed E-state index contributed by atoms with van der Waals surface area (Å²) in [5.74, 6) is -0.624. The molecule has 8 N–H and O–H groups in total. The van der Waals surface area contributed by atoms with Crippen molar-refractivity contribution in [2.24, 2.45) is 11.0 Å². The largest absolute Gasteiger partial charge is 0.394 e. The number of rotatable bonds is 15. The minimum Gasteiger partial charge on any atom is -0.394 e. The quantitative estimate of drug-likeness (QED) is 0.0624. The number of piperidine rings is 1. The van der Waals surface area contributed by atoms with Crippen molar-refractivity contribution in [1.82, 2.24) is 26.7 Å². The number of hydrazone groups is 1. The Morgan fingerprint density at radius 3 is 2.51 bits per heavy atom. The van der Waals surface area contributed by atoms with E-state index in [1.165, 1.54) is 6.92 Å². The summed E-state index contributed by atoms with van der Waals surface area (Å²) in [5.41, 5.74) is 2.84. The van der Waals surface area contributed by atoms with Crippen LogP contribution in [0.5, 0.6) is 0 Å². The number of carbonyl (C=O) groups is 3. The van der Waals surface area contributed by atoms with E-state index in [4.69, 9.17) is 9.47 Å². The second kappa shape index (κ2) is 16.5. The Bertz CT molecular complexity index is 736. The standard InChI is InChI=1S/C23H42N6O8/c1-14(31)28-19-21(34)20(33)16(13-30)37-23(19)36-11-4-3-6-18(32)25-9-5-10-26-22(35)15-7-8-17(27-12-15)29-24-2/h15-17,19-21,23,27,29-30,33-34H,2-13H2,1H3,(H,25,32)(H,26,35)(H,28,31). The molecule has 2 heterocycles. The molecule has 0 aromatic carbocycles. The number of hydrogen-bond acceptors (Lipinski definition) is 11. The molecule has 2 aliphatic rings. The van der Waals surface area contributed by atoms with E-state index < -0.39 is 43.2 Å². The molecule has 0 aromatic rings. The van der Waals surface area contributed by atoms with Gasteiger partial charge < -0.3 is 40.7 Å². The molecule has 0 aliphatic carbocycles. The van der Waals surface area contributed by atoms with Crippen molar-refractivity contribution in [1.29, 1.82) is 0 Å². The first kappa shape index (κ1) is 30.9. The molecule has 2 fully saturated rings. The normalized spacial score (nSPS) is 29.7. The van der Waals surface area contributed by atoms with E-state index in [0.29, 0.717) is 45.3 Å². The van der Waals surface area contributed by atoms with Gasteiger partial charge >= 0.3 is 0 Å². The van der Waals surface area contributed by atoms with E-state index in [1.807, 2.05) is 0 Å². The molecular weight excluding hydrogens is 488 g/mol. The molecule has 2 saturated heterocycles. The summed E-state index contributed by atoms with van der Waals surface area (Å²) in [4.78, 5) is 35.7. The molecule has 2 aliphatic heterocycles. The van der Waals surface area contributed by atoms with E-state index in [2.05, 4.69) is 38.5 Å². The number of carbonyl (C=O) groups excluding carboxylic acids is 3. The maximum absolute atomic E-state index is 12.2. The van der Waals surface area contributed by atoms with Gasteiger partial charge in [0.15, 0.2) is 6.29 Å². The molecule has 212 valence electrons. The number of nitrogens with one attached hydrogen (secondary N) is 5. The van der Waals surface area contributed by atoms with E-state index >= 15 is 0 Å². The highest BCUT2D eigenvalue weighted by molar-refractivity contribution is 5.79. The van der Waals surface area contributed by atoms with Crippen LogP contribution in [0.2, 0.25) is 0 Å². The molecule has 7 unspecified atom stereocenters. The lowest BCUT2D eigenvalue weighted by atomic mass is 9.97. The SMILES string of the molecule is C=NNC1CCC(C(=O)NCCCNC(=O)CCCCOC2OC(CO)C(O)C(O)C2NC(C)=O)CN1. The first-order valence-corrected chi connectivity index (χ1v) is 12.8. The van der Waals surface area contributed by atoms with Gasteiger partial charge in [-0.3, -0.25) is 25.1 Å². The van der Waals surface area contributed by atoms with E-state index in [0.717, 1.165) is 12.8 Å². The summed E-state index contributed by atoms with van der Waals surface area (Å²) in [7, 11) is 0. The van der Waals surface area contributed by atoms with Crippen molar-refractivity contribution < 1.29 is 39.2 Å². The van der Waals surface area contributed by atoms with Gasteiger partial charge in [0, 0.05) is 46.3 Å². The molecule has 0 bridgehead atoms. The predicted molar refractivity (Wildman–Crippen MR) is 133 cm³/mol. The van der Waals surface area contributed by atoms with Crippen molar-refractivity contribution in [2.45, 2.75) is 82.3 Å². The number of aliphatic hydroxyl groups is 3. The van der Waals surface area contributed by atoms with Crippen molar-refractivity contribution in [2.75, 3.05) is 32.8 Å². The zero-order valence-corrected chi connectivity index (χ0v) is 21.4. The number of amides is 3. The molecule has 0 spiro atoms. The fraction of sp³-hybridized carbons (Fsp3) is 0.826. The highest BCUT2D eigenvalue weighted by atomic mass is 16.7. The van der Waals surface area contributed by atoms with Crippen LogP contribution in [0.3, 0.4) is 0 Å². The third kappa shape index (κ3) is 10.5. The third-order valence-corrected chi connectivity index (χ3v) is 6.34. The zero-order valence-electron chi connectivity index (χ0n) is 21.4. The number of nitrogens with zero attached hydrogens (tertiary/aromatic N) is 1. The second-order valence-corrected chi connectivity index (χ2v) is 9.28. The molecule has 3 amide bonds. The molecule has 0 aromatic heterocycles. The van der Waals surface area contributed by atoms with Gasteiger partial charge in [0.2, 0.25) is 17.7 Å². The van der Waals surface area contributed by atoms with Crippen molar-refractivity contribution in [3.05, 3.63) is 0 Å². The summed E-state index contributed by atoms with van der Waals surface area (Å²) < 4.78 is 11.1. The Balaban J connectivity index is 1.54. The Morgan fingerprint density at radius 2 is 1.86 bits per heavy atom. The van der Waals surface area contributed by atoms with Crippen LogP contribution in [-0.2, 0) is 23.9 Å². The maximum Gasteiger partial charge on any atom is 0.224 e.